The predicted octanol–water partition coefficient (Wildman–Crippen LogP) is 9.88. The van der Waals surface area contributed by atoms with Crippen LogP contribution in [-0.2, 0) is 32.7 Å². The molecule has 3 atom stereocenters. The maximum Gasteiger partial charge on any atom is 0.472 e. The first-order valence-electron chi connectivity index (χ1n) is 19.5. The molecule has 1 unspecified atom stereocenters. The zero-order chi connectivity index (χ0) is 39.1. The highest BCUT2D eigenvalue weighted by molar-refractivity contribution is 7.47. The predicted molar refractivity (Wildman–Crippen MR) is 214 cm³/mol. The number of unbranched alkanes of at least 4 members (excludes halogenated alkanes) is 7. The van der Waals surface area contributed by atoms with E-state index in [1.807, 2.05) is 12.2 Å². The Bertz CT molecular complexity index is 1150. The van der Waals surface area contributed by atoms with Crippen molar-refractivity contribution in [1.82, 2.24) is 0 Å². The van der Waals surface area contributed by atoms with Crippen LogP contribution in [0, 0.1) is 0 Å². The first-order valence-corrected chi connectivity index (χ1v) is 21.0. The van der Waals surface area contributed by atoms with Gasteiger partial charge in [0.05, 0.1) is 19.8 Å². The fraction of sp³-hybridized carbons (Fsp3) is 0.619. The first-order chi connectivity index (χ1) is 25.7. The van der Waals surface area contributed by atoms with Crippen LogP contribution in [0.4, 0.5) is 0 Å². The van der Waals surface area contributed by atoms with Crippen LogP contribution in [0.25, 0.3) is 0 Å². The van der Waals surface area contributed by atoms with Gasteiger partial charge in [0.1, 0.15) is 12.7 Å². The highest BCUT2D eigenvalue weighted by atomic mass is 31.2. The Morgan fingerprint density at radius 1 is 0.585 bits per heavy atom. The van der Waals surface area contributed by atoms with E-state index in [-0.39, 0.29) is 19.4 Å². The quantitative estimate of drug-likeness (QED) is 0.0246. The number of allylic oxidation sites excluding steroid dienone is 14. The molecule has 0 aromatic carbocycles. The molecule has 0 bridgehead atoms. The van der Waals surface area contributed by atoms with Crippen molar-refractivity contribution < 1.29 is 47.8 Å². The summed E-state index contributed by atoms with van der Waals surface area (Å²) < 4.78 is 32.5. The van der Waals surface area contributed by atoms with Crippen molar-refractivity contribution in [1.29, 1.82) is 0 Å². The van der Waals surface area contributed by atoms with E-state index in [2.05, 4.69) is 91.3 Å². The second-order valence-electron chi connectivity index (χ2n) is 12.6. The molecular weight excluding hydrogens is 695 g/mol. The third-order valence-electron chi connectivity index (χ3n) is 7.55. The van der Waals surface area contributed by atoms with E-state index in [0.29, 0.717) is 12.8 Å². The number of hydrogen-bond donors (Lipinski definition) is 3. The normalized spacial score (nSPS) is 14.9. The number of aliphatic hydroxyl groups excluding tert-OH is 2. The SMILES string of the molecule is CC/C=C/C/C=C/C/C=C/C/C=C/C/C=C/C/C=C/CCC(=O)OC[C@@H](COP(=O)(O)OC[C@H](O)CO)OC(=O)CCCCCCC/C=C/CCCC. The molecule has 0 radical (unpaired) electrons. The Balaban J connectivity index is 4.49. The van der Waals surface area contributed by atoms with Gasteiger partial charge in [0, 0.05) is 12.8 Å². The highest BCUT2D eigenvalue weighted by Gasteiger charge is 2.27. The van der Waals surface area contributed by atoms with Crippen LogP contribution in [0.3, 0.4) is 0 Å². The van der Waals surface area contributed by atoms with E-state index in [9.17, 15) is 24.2 Å². The monoisotopic (exact) mass is 764 g/mol. The van der Waals surface area contributed by atoms with Crippen molar-refractivity contribution in [3.05, 3.63) is 85.1 Å². The molecule has 0 aliphatic heterocycles. The van der Waals surface area contributed by atoms with Gasteiger partial charge in [-0.05, 0) is 70.6 Å². The minimum Gasteiger partial charge on any atom is -0.462 e. The second-order valence-corrected chi connectivity index (χ2v) is 14.0. The van der Waals surface area contributed by atoms with Crippen molar-refractivity contribution in [3.63, 3.8) is 0 Å². The molecule has 0 aromatic rings. The van der Waals surface area contributed by atoms with Crippen LogP contribution in [0.2, 0.25) is 0 Å². The summed E-state index contributed by atoms with van der Waals surface area (Å²) in [5.41, 5.74) is 0. The van der Waals surface area contributed by atoms with E-state index in [1.165, 1.54) is 12.8 Å². The fourth-order valence-corrected chi connectivity index (χ4v) is 5.32. The van der Waals surface area contributed by atoms with Crippen molar-refractivity contribution >= 4 is 19.8 Å². The lowest BCUT2D eigenvalue weighted by atomic mass is 10.1. The van der Waals surface area contributed by atoms with Crippen molar-refractivity contribution in [3.8, 4) is 0 Å². The maximum atomic E-state index is 12.5. The molecule has 0 saturated heterocycles. The third kappa shape index (κ3) is 37.3. The van der Waals surface area contributed by atoms with Crippen LogP contribution in [0.15, 0.2) is 85.1 Å². The zero-order valence-electron chi connectivity index (χ0n) is 32.4. The lowest BCUT2D eigenvalue weighted by molar-refractivity contribution is -0.161. The van der Waals surface area contributed by atoms with Crippen LogP contribution in [0.5, 0.6) is 0 Å². The maximum absolute atomic E-state index is 12.5. The van der Waals surface area contributed by atoms with Gasteiger partial charge < -0.3 is 24.6 Å². The molecule has 0 rings (SSSR count). The van der Waals surface area contributed by atoms with E-state index in [4.69, 9.17) is 19.1 Å². The van der Waals surface area contributed by atoms with E-state index in [0.717, 1.165) is 77.0 Å². The number of carbonyl (C=O) groups excluding carboxylic acids is 2. The fourth-order valence-electron chi connectivity index (χ4n) is 4.53. The summed E-state index contributed by atoms with van der Waals surface area (Å²) in [5, 5.41) is 18.3. The lowest BCUT2D eigenvalue weighted by Gasteiger charge is -2.20. The summed E-state index contributed by atoms with van der Waals surface area (Å²) in [5.74, 6) is -1.05. The smallest absolute Gasteiger partial charge is 0.462 e. The average molecular weight is 765 g/mol. The van der Waals surface area contributed by atoms with Gasteiger partial charge in [0.25, 0.3) is 0 Å². The number of carbonyl (C=O) groups is 2. The molecule has 0 fully saturated rings. The lowest BCUT2D eigenvalue weighted by Crippen LogP contribution is -2.29. The minimum absolute atomic E-state index is 0.110. The molecule has 0 spiro atoms. The number of rotatable bonds is 35. The molecular formula is C42H69O10P. The number of phosphoric ester groups is 1. The van der Waals surface area contributed by atoms with Gasteiger partial charge in [-0.25, -0.2) is 4.57 Å². The van der Waals surface area contributed by atoms with Crippen molar-refractivity contribution in [2.75, 3.05) is 26.4 Å². The summed E-state index contributed by atoms with van der Waals surface area (Å²) in [6.45, 7) is 2.09. The molecule has 0 aliphatic carbocycles. The van der Waals surface area contributed by atoms with Crippen molar-refractivity contribution in [2.45, 2.75) is 142 Å². The molecule has 11 heteroatoms. The van der Waals surface area contributed by atoms with Crippen molar-refractivity contribution in [2.24, 2.45) is 0 Å². The average Bonchev–Trinajstić information content (AvgIpc) is 3.14. The van der Waals surface area contributed by atoms with E-state index in [1.54, 1.807) is 0 Å². The molecule has 302 valence electrons. The Morgan fingerprint density at radius 2 is 1.08 bits per heavy atom. The molecule has 0 amide bonds. The molecule has 10 nitrogen and oxygen atoms in total. The number of aliphatic hydroxyl groups is 2. The van der Waals surface area contributed by atoms with Gasteiger partial charge in [-0.15, -0.1) is 0 Å². The van der Waals surface area contributed by atoms with Gasteiger partial charge in [0.2, 0.25) is 0 Å². The highest BCUT2D eigenvalue weighted by Crippen LogP contribution is 2.43. The van der Waals surface area contributed by atoms with Gasteiger partial charge in [-0.1, -0.05) is 131 Å². The van der Waals surface area contributed by atoms with Gasteiger partial charge in [0.15, 0.2) is 6.10 Å². The second kappa shape index (κ2) is 37.5. The molecule has 0 saturated carbocycles. The number of phosphoric acid groups is 1. The standard InChI is InChI=1S/C42H69O10P/c1-3-5-7-9-11-13-15-16-17-18-19-20-21-22-24-25-27-29-31-33-41(45)49-37-40(38-51-53(47,48)50-36-39(44)35-43)52-42(46)34-32-30-28-26-23-14-12-10-8-6-4-2/h5,7,10-13,16-17,19-20,22,24,27,29,39-40,43-44H,3-4,6,8-9,14-15,18,21,23,25-26,28,30-38H2,1-2H3,(H,47,48)/b7-5+,12-10+,13-11+,17-16+,20-19+,24-22+,29-27+/t39-,40+/m1/s1. The first kappa shape index (κ1) is 50.1. The van der Waals surface area contributed by atoms with Crippen LogP contribution >= 0.6 is 7.82 Å². The van der Waals surface area contributed by atoms with E-state index < -0.39 is 51.8 Å². The molecule has 0 aromatic heterocycles. The number of hydrogen-bond acceptors (Lipinski definition) is 9. The Hall–Kier alpha value is -2.85. The minimum atomic E-state index is -4.63. The zero-order valence-corrected chi connectivity index (χ0v) is 33.3. The number of ether oxygens (including phenoxy) is 2. The topological polar surface area (TPSA) is 149 Å². The molecule has 0 aliphatic rings. The summed E-state index contributed by atoms with van der Waals surface area (Å²) in [6, 6.07) is 0. The summed E-state index contributed by atoms with van der Waals surface area (Å²) in [6.07, 6.45) is 42.9. The van der Waals surface area contributed by atoms with Crippen LogP contribution < -0.4 is 0 Å². The van der Waals surface area contributed by atoms with Crippen LogP contribution in [-0.4, -0.2) is 65.7 Å². The molecule has 0 heterocycles. The Morgan fingerprint density at radius 3 is 1.64 bits per heavy atom. The molecule has 3 N–H and O–H groups in total. The van der Waals surface area contributed by atoms with Gasteiger partial charge in [-0.2, -0.15) is 0 Å². The molecule has 53 heavy (non-hydrogen) atoms. The largest absolute Gasteiger partial charge is 0.472 e. The summed E-state index contributed by atoms with van der Waals surface area (Å²) >= 11 is 0. The Kier molecular flexibility index (Phi) is 35.5. The van der Waals surface area contributed by atoms with Crippen LogP contribution in [0.1, 0.15) is 129 Å². The van der Waals surface area contributed by atoms with Gasteiger partial charge in [-0.3, -0.25) is 18.6 Å². The summed E-state index contributed by atoms with van der Waals surface area (Å²) in [7, 11) is -4.63. The van der Waals surface area contributed by atoms with Gasteiger partial charge >= 0.3 is 19.8 Å². The third-order valence-corrected chi connectivity index (χ3v) is 8.50. The van der Waals surface area contributed by atoms with E-state index >= 15 is 0 Å². The number of esters is 2. The summed E-state index contributed by atoms with van der Waals surface area (Å²) in [4.78, 5) is 34.8. The Labute approximate surface area is 320 Å².